The molecule has 4 unspecified atom stereocenters. The summed E-state index contributed by atoms with van der Waals surface area (Å²) >= 11 is 0. The zero-order valence-corrected chi connectivity index (χ0v) is 13.2. The minimum Gasteiger partial charge on any atom is -0.268 e. The van der Waals surface area contributed by atoms with Gasteiger partial charge in [-0.15, -0.1) is 0 Å². The Morgan fingerprint density at radius 3 is 2.81 bits per heavy atom. The Hall–Kier alpha value is -0.900. The lowest BCUT2D eigenvalue weighted by Gasteiger charge is -2.46. The van der Waals surface area contributed by atoms with E-state index in [0.717, 1.165) is 25.7 Å². The molecule has 2 fully saturated rings. The number of halogens is 2. The van der Waals surface area contributed by atoms with Crippen molar-refractivity contribution in [3.8, 4) is 0 Å². The van der Waals surface area contributed by atoms with E-state index in [2.05, 4.69) is 5.87 Å². The van der Waals surface area contributed by atoms with Crippen LogP contribution in [0.25, 0.3) is 0 Å². The van der Waals surface area contributed by atoms with Gasteiger partial charge in [-0.1, -0.05) is 6.92 Å². The van der Waals surface area contributed by atoms with Crippen molar-refractivity contribution in [3.63, 3.8) is 0 Å². The van der Waals surface area contributed by atoms with Gasteiger partial charge >= 0.3 is 0 Å². The second-order valence-corrected chi connectivity index (χ2v) is 9.75. The quantitative estimate of drug-likeness (QED) is 0.722. The fourth-order valence-electron chi connectivity index (χ4n) is 4.19. The molecule has 21 heavy (non-hydrogen) atoms. The van der Waals surface area contributed by atoms with Crippen LogP contribution in [0.5, 0.6) is 0 Å². The normalized spacial score (nSPS) is 39.8. The van der Waals surface area contributed by atoms with E-state index in [-0.39, 0.29) is 17.0 Å². The minimum atomic E-state index is -1.90. The van der Waals surface area contributed by atoms with Gasteiger partial charge in [-0.2, -0.15) is 0 Å². The van der Waals surface area contributed by atoms with E-state index < -0.39 is 9.52 Å². The summed E-state index contributed by atoms with van der Waals surface area (Å²) in [6.45, 7) is 2.04. The third kappa shape index (κ3) is 2.87. The second-order valence-electron chi connectivity index (χ2n) is 7.07. The molecule has 3 rings (SSSR count). The van der Waals surface area contributed by atoms with Gasteiger partial charge in [0.2, 0.25) is 0 Å². The van der Waals surface area contributed by atoms with Crippen LogP contribution >= 0.6 is 0 Å². The molecule has 4 heteroatoms. The Kier molecular flexibility index (Phi) is 3.63. The largest absolute Gasteiger partial charge is 0.268 e. The molecule has 1 saturated carbocycles. The zero-order chi connectivity index (χ0) is 15.3. The lowest BCUT2D eigenvalue weighted by Crippen LogP contribution is -2.42. The first-order chi connectivity index (χ1) is 9.79. The summed E-state index contributed by atoms with van der Waals surface area (Å²) in [5.74, 6) is 5.46. The van der Waals surface area contributed by atoms with E-state index in [0.29, 0.717) is 28.9 Å². The minimum absolute atomic E-state index is 0.311. The van der Waals surface area contributed by atoms with Crippen molar-refractivity contribution < 1.29 is 13.0 Å². The fraction of sp³-hybridized carbons (Fsp3) is 0.588. The molecule has 1 nitrogen and oxygen atoms in total. The molecular weight excluding hydrogens is 290 g/mol. The third-order valence-electron chi connectivity index (χ3n) is 5.40. The topological polar surface area (TPSA) is 17.1 Å². The Morgan fingerprint density at radius 2 is 2.05 bits per heavy atom. The van der Waals surface area contributed by atoms with Gasteiger partial charge < -0.3 is 0 Å². The molecular formula is C17H22F2OS. The highest BCUT2D eigenvalue weighted by Crippen LogP contribution is 2.48. The van der Waals surface area contributed by atoms with E-state index in [9.17, 15) is 13.0 Å². The summed E-state index contributed by atoms with van der Waals surface area (Å²) in [5.41, 5.74) is 0.189. The van der Waals surface area contributed by atoms with Gasteiger partial charge in [0.1, 0.15) is 11.6 Å². The maximum atomic E-state index is 14.1. The SMILES string of the molecule is C=S1(=O)CCC2CC(C)(c3cc(F)ccc3F)CCC2C1. The molecule has 2 aliphatic rings. The number of fused-ring (bicyclic) bond motifs is 1. The van der Waals surface area contributed by atoms with Crippen molar-refractivity contribution in [2.45, 2.75) is 38.0 Å². The summed E-state index contributed by atoms with van der Waals surface area (Å²) in [6.07, 6.45) is 3.51. The van der Waals surface area contributed by atoms with Crippen molar-refractivity contribution in [3.05, 3.63) is 35.4 Å². The molecule has 1 aliphatic heterocycles. The molecule has 1 aromatic rings. The molecule has 0 aromatic heterocycles. The first kappa shape index (κ1) is 15.0. The maximum absolute atomic E-state index is 14.1. The summed E-state index contributed by atoms with van der Waals surface area (Å²) in [6, 6.07) is 3.75. The van der Waals surface area contributed by atoms with E-state index in [1.165, 1.54) is 18.2 Å². The second kappa shape index (κ2) is 5.08. The molecule has 0 amide bonds. The molecule has 0 spiro atoms. The Morgan fingerprint density at radius 1 is 1.29 bits per heavy atom. The van der Waals surface area contributed by atoms with Crippen LogP contribution in [0.4, 0.5) is 8.78 Å². The zero-order valence-electron chi connectivity index (χ0n) is 12.4. The van der Waals surface area contributed by atoms with Crippen LogP contribution in [-0.4, -0.2) is 21.6 Å². The fourth-order valence-corrected chi connectivity index (χ4v) is 6.31. The smallest absolute Gasteiger partial charge is 0.127 e. The first-order valence-electron chi connectivity index (χ1n) is 7.57. The Bertz CT molecular complexity index is 653. The van der Waals surface area contributed by atoms with Crippen molar-refractivity contribution in [1.82, 2.24) is 0 Å². The molecule has 0 N–H and O–H groups in total. The van der Waals surface area contributed by atoms with E-state index in [4.69, 9.17) is 0 Å². The monoisotopic (exact) mass is 312 g/mol. The van der Waals surface area contributed by atoms with Crippen molar-refractivity contribution in [2.24, 2.45) is 11.8 Å². The van der Waals surface area contributed by atoms with Crippen LogP contribution in [0.1, 0.15) is 38.2 Å². The molecule has 4 atom stereocenters. The summed E-state index contributed by atoms with van der Waals surface area (Å²) < 4.78 is 39.8. The number of hydrogen-bond donors (Lipinski definition) is 0. The highest BCUT2D eigenvalue weighted by molar-refractivity contribution is 8.00. The van der Waals surface area contributed by atoms with Crippen LogP contribution in [0.2, 0.25) is 0 Å². The van der Waals surface area contributed by atoms with Crippen LogP contribution in [0.15, 0.2) is 18.2 Å². The van der Waals surface area contributed by atoms with Crippen LogP contribution in [0, 0.1) is 23.5 Å². The molecule has 1 heterocycles. The summed E-state index contributed by atoms with van der Waals surface area (Å²) in [5, 5.41) is 0. The van der Waals surface area contributed by atoms with Gasteiger partial charge in [0.25, 0.3) is 0 Å². The number of hydrogen-bond acceptors (Lipinski definition) is 1. The van der Waals surface area contributed by atoms with Crippen LogP contribution < -0.4 is 0 Å². The van der Waals surface area contributed by atoms with Crippen molar-refractivity contribution >= 4 is 15.4 Å². The molecule has 1 saturated heterocycles. The third-order valence-corrected chi connectivity index (χ3v) is 7.42. The van der Waals surface area contributed by atoms with Gasteiger partial charge in [-0.25, -0.2) is 8.78 Å². The molecule has 1 aromatic carbocycles. The molecule has 116 valence electrons. The average molecular weight is 312 g/mol. The highest BCUT2D eigenvalue weighted by atomic mass is 32.2. The summed E-state index contributed by atoms with van der Waals surface area (Å²) in [4.78, 5) is 0. The lowest BCUT2D eigenvalue weighted by atomic mass is 9.63. The van der Waals surface area contributed by atoms with Crippen molar-refractivity contribution in [2.75, 3.05) is 11.5 Å². The van der Waals surface area contributed by atoms with E-state index in [1.54, 1.807) is 0 Å². The van der Waals surface area contributed by atoms with Crippen LogP contribution in [0.3, 0.4) is 0 Å². The van der Waals surface area contributed by atoms with Gasteiger partial charge in [0.15, 0.2) is 0 Å². The number of rotatable bonds is 1. The molecule has 0 bridgehead atoms. The van der Waals surface area contributed by atoms with E-state index >= 15 is 0 Å². The maximum Gasteiger partial charge on any atom is 0.127 e. The van der Waals surface area contributed by atoms with Gasteiger partial charge in [-0.05, 0) is 82.1 Å². The molecule has 0 radical (unpaired) electrons. The Labute approximate surface area is 125 Å². The summed E-state index contributed by atoms with van der Waals surface area (Å²) in [7, 11) is -1.90. The lowest BCUT2D eigenvalue weighted by molar-refractivity contribution is 0.162. The molecule has 1 aliphatic carbocycles. The van der Waals surface area contributed by atoms with Gasteiger partial charge in [-0.3, -0.25) is 4.21 Å². The average Bonchev–Trinajstić information content (AvgIpc) is 2.41. The van der Waals surface area contributed by atoms with Gasteiger partial charge in [0, 0.05) is 11.5 Å². The Balaban J connectivity index is 1.87. The van der Waals surface area contributed by atoms with Crippen molar-refractivity contribution in [1.29, 1.82) is 0 Å². The number of benzene rings is 1. The predicted octanol–water partition coefficient (Wildman–Crippen LogP) is 3.76. The van der Waals surface area contributed by atoms with E-state index in [1.807, 2.05) is 6.92 Å². The predicted molar refractivity (Wildman–Crippen MR) is 84.2 cm³/mol. The first-order valence-corrected chi connectivity index (χ1v) is 9.64. The van der Waals surface area contributed by atoms with Gasteiger partial charge in [0.05, 0.1) is 0 Å². The highest BCUT2D eigenvalue weighted by Gasteiger charge is 2.42. The van der Waals surface area contributed by atoms with Crippen LogP contribution in [-0.2, 0) is 14.9 Å². The standard InChI is InChI=1S/C17H22F2OS/c1-17(15-9-14(18)3-4-16(15)19)7-5-13-11-21(2,20)8-6-12(13)10-17/h3-4,9,12-13H,2,5-8,10-11H2,1H3.